The summed E-state index contributed by atoms with van der Waals surface area (Å²) in [6.07, 6.45) is 20.7. The van der Waals surface area contributed by atoms with Crippen molar-refractivity contribution < 1.29 is 0 Å². The lowest BCUT2D eigenvalue weighted by atomic mass is 10.2. The van der Waals surface area contributed by atoms with Gasteiger partial charge in [0, 0.05) is 83.1 Å². The summed E-state index contributed by atoms with van der Waals surface area (Å²) < 4.78 is 0. The first-order chi connectivity index (χ1) is 46.4. The van der Waals surface area contributed by atoms with Crippen molar-refractivity contribution in [2.75, 3.05) is 0 Å². The van der Waals surface area contributed by atoms with Crippen molar-refractivity contribution in [2.24, 2.45) is 0 Å². The van der Waals surface area contributed by atoms with E-state index in [2.05, 4.69) is 115 Å². The SMILES string of the molecule is C.C.C.C.C.CC.CC.CC.CC.CC.CC.CC.CC.CC.CC.CC.CC.CC.CC.CC.CC.Cc1ccccc1.Cc1ccccn1.Cc1cccnc1.Cc1ccncc1.Cc1ccncn1.Cc1ccsc1C.Cc1ccsc1C.Cc1cncnc1.Cc1ncccn1. The van der Waals surface area contributed by atoms with E-state index in [1.165, 1.54) is 50.2 Å². The quantitative estimate of drug-likeness (QED) is 0.146. The van der Waals surface area contributed by atoms with E-state index >= 15 is 0 Å². The number of benzene rings is 1. The molecule has 0 radical (unpaired) electrons. The van der Waals surface area contributed by atoms with Gasteiger partial charge in [0.15, 0.2) is 0 Å². The topological polar surface area (TPSA) is 116 Å². The first kappa shape index (κ1) is 152. The molecule has 0 bridgehead atoms. The number of nitrogens with zero attached hydrogens (tertiary/aromatic N) is 9. The van der Waals surface area contributed by atoms with Crippen molar-refractivity contribution in [3.05, 3.63) is 243 Å². The van der Waals surface area contributed by atoms with Crippen LogP contribution in [0.3, 0.4) is 0 Å². The molecule has 0 saturated carbocycles. The number of pyridine rings is 3. The van der Waals surface area contributed by atoms with Crippen LogP contribution in [0.15, 0.2) is 182 Å². The summed E-state index contributed by atoms with van der Waals surface area (Å²) in [4.78, 5) is 37.5. The average molecular weight is 1440 g/mol. The fraction of sp³-hybridized carbons (Fsp3) is 0.539. The zero-order valence-electron chi connectivity index (χ0n) is 70.7. The molecule has 8 aromatic heterocycles. The Labute approximate surface area is 641 Å². The molecule has 0 amide bonds. The summed E-state index contributed by atoms with van der Waals surface area (Å²) in [6.45, 7) is 86.4. The van der Waals surface area contributed by atoms with Crippen LogP contribution in [0.2, 0.25) is 0 Å². The first-order valence-electron chi connectivity index (χ1n) is 36.2. The zero-order valence-corrected chi connectivity index (χ0v) is 72.3. The summed E-state index contributed by atoms with van der Waals surface area (Å²) in [6, 6.07) is 31.9. The highest BCUT2D eigenvalue weighted by Crippen LogP contribution is 2.13. The average Bonchev–Trinajstić information content (AvgIpc) is 1.97. The van der Waals surface area contributed by atoms with Gasteiger partial charge in [-0.25, -0.2) is 29.9 Å². The molecule has 9 aromatic rings. The van der Waals surface area contributed by atoms with Crippen LogP contribution in [0.1, 0.15) is 319 Å². The molecule has 100 heavy (non-hydrogen) atoms. The molecular formula is C89H179N9S2. The van der Waals surface area contributed by atoms with Gasteiger partial charge in [-0.05, 0) is 169 Å². The molecular weight excluding hydrogens is 1260 g/mol. The molecule has 0 aliphatic rings. The van der Waals surface area contributed by atoms with Gasteiger partial charge >= 0.3 is 0 Å². The second kappa shape index (κ2) is 170. The molecule has 592 valence electrons. The lowest BCUT2D eigenvalue weighted by molar-refractivity contribution is 1.05. The van der Waals surface area contributed by atoms with Crippen LogP contribution < -0.4 is 0 Å². The number of thiophene rings is 2. The monoisotopic (exact) mass is 1440 g/mol. The standard InChI is InChI=1S/C7H8.3C6H7N.2C6H8S.3C5H6N2.16C2H6.5CH4/c1-7-5-3-2-4-6-7;1-6-2-4-7-5-3-6;1-6-3-2-4-7-5-6;1-6-4-2-3-5-7-6;2*1-5-3-4-7-6(5)2;1-5-2-6-4-7-3-5;1-5-2-3-6-4-7-5;1-5-6-3-2-4-7-5;16*1-2;;;;;/h2-6H,1H3;3*2-5H,1H3;2*3-4H,1-2H3;3*2-4H,1H3;16*1-2H3;5*1H4. The Hall–Kier alpha value is -6.69. The summed E-state index contributed by atoms with van der Waals surface area (Å²) in [5, 5.41) is 4.23. The molecule has 1 aromatic carbocycles. The Morgan fingerprint density at radius 3 is 0.690 bits per heavy atom. The highest BCUT2D eigenvalue weighted by Gasteiger charge is 1.88. The van der Waals surface area contributed by atoms with Crippen LogP contribution in [-0.4, -0.2) is 44.9 Å². The van der Waals surface area contributed by atoms with Gasteiger partial charge in [0.2, 0.25) is 0 Å². The van der Waals surface area contributed by atoms with Gasteiger partial charge in [0.05, 0.1) is 0 Å². The Bertz CT molecular complexity index is 1900. The summed E-state index contributed by atoms with van der Waals surface area (Å²) in [5.74, 6) is 0.822. The number of hydrogen-bond donors (Lipinski definition) is 0. The first-order valence-corrected chi connectivity index (χ1v) is 37.9. The molecule has 0 aliphatic carbocycles. The Morgan fingerprint density at radius 2 is 0.540 bits per heavy atom. The van der Waals surface area contributed by atoms with E-state index in [1.807, 2.05) is 336 Å². The van der Waals surface area contributed by atoms with E-state index in [4.69, 9.17) is 0 Å². The number of rotatable bonds is 0. The lowest BCUT2D eigenvalue weighted by Gasteiger charge is -1.82. The maximum Gasteiger partial charge on any atom is 0.125 e. The van der Waals surface area contributed by atoms with Crippen molar-refractivity contribution in [1.29, 1.82) is 0 Å². The molecule has 0 spiro atoms. The van der Waals surface area contributed by atoms with Gasteiger partial charge in [-0.1, -0.05) is 307 Å². The van der Waals surface area contributed by atoms with Crippen molar-refractivity contribution in [3.63, 3.8) is 0 Å². The third-order valence-corrected chi connectivity index (χ3v) is 9.66. The van der Waals surface area contributed by atoms with Crippen LogP contribution in [-0.2, 0) is 0 Å². The van der Waals surface area contributed by atoms with E-state index in [1.54, 1.807) is 84.5 Å². The fourth-order valence-corrected chi connectivity index (χ4v) is 5.32. The third-order valence-electron chi connectivity index (χ3n) is 7.76. The van der Waals surface area contributed by atoms with E-state index in [0.717, 1.165) is 22.8 Å². The van der Waals surface area contributed by atoms with E-state index in [-0.39, 0.29) is 37.1 Å². The van der Waals surface area contributed by atoms with E-state index < -0.39 is 0 Å². The highest BCUT2D eigenvalue weighted by molar-refractivity contribution is 7.10. The molecule has 9 rings (SSSR count). The van der Waals surface area contributed by atoms with Crippen LogP contribution in [0, 0.1) is 76.2 Å². The van der Waals surface area contributed by atoms with Crippen LogP contribution >= 0.6 is 22.7 Å². The smallest absolute Gasteiger partial charge is 0.125 e. The third kappa shape index (κ3) is 155. The van der Waals surface area contributed by atoms with Crippen molar-refractivity contribution in [3.8, 4) is 0 Å². The van der Waals surface area contributed by atoms with Crippen LogP contribution in [0.5, 0.6) is 0 Å². The molecule has 11 heteroatoms. The van der Waals surface area contributed by atoms with Gasteiger partial charge in [-0.3, -0.25) is 15.0 Å². The van der Waals surface area contributed by atoms with Gasteiger partial charge in [-0.15, -0.1) is 22.7 Å². The minimum atomic E-state index is 0. The Kier molecular flexibility index (Phi) is 258. The minimum absolute atomic E-state index is 0. The van der Waals surface area contributed by atoms with Crippen LogP contribution in [0.4, 0.5) is 0 Å². The predicted molar refractivity (Wildman–Crippen MR) is 481 cm³/mol. The second-order valence-electron chi connectivity index (χ2n) is 13.6. The molecule has 0 aliphatic heterocycles. The molecule has 0 unspecified atom stereocenters. The normalized spacial score (nSPS) is 6.55. The molecule has 9 nitrogen and oxygen atoms in total. The summed E-state index contributed by atoms with van der Waals surface area (Å²) in [5.41, 5.74) is 9.79. The minimum Gasteiger partial charge on any atom is -0.265 e. The molecule has 8 heterocycles. The number of aryl methyl sites for hydroxylation is 11. The predicted octanol–water partition coefficient (Wildman–Crippen LogP) is 32.8. The largest absolute Gasteiger partial charge is 0.265 e. The van der Waals surface area contributed by atoms with E-state index in [0.29, 0.717) is 0 Å². The van der Waals surface area contributed by atoms with Crippen molar-refractivity contribution >= 4 is 22.7 Å². The molecule has 0 saturated heterocycles. The van der Waals surface area contributed by atoms with Crippen molar-refractivity contribution in [1.82, 2.24) is 44.9 Å². The number of aromatic nitrogens is 9. The molecule has 0 fully saturated rings. The lowest BCUT2D eigenvalue weighted by Crippen LogP contribution is -1.80. The molecule has 0 N–H and O–H groups in total. The number of hydrogen-bond acceptors (Lipinski definition) is 11. The maximum atomic E-state index is 3.98. The van der Waals surface area contributed by atoms with Gasteiger partial charge < -0.3 is 0 Å². The second-order valence-corrected chi connectivity index (χ2v) is 15.8. The van der Waals surface area contributed by atoms with E-state index in [9.17, 15) is 0 Å². The van der Waals surface area contributed by atoms with Crippen molar-refractivity contribution in [2.45, 2.75) is 335 Å². The van der Waals surface area contributed by atoms with Gasteiger partial charge in [0.1, 0.15) is 18.5 Å². The maximum absolute atomic E-state index is 3.98. The highest BCUT2D eigenvalue weighted by atomic mass is 32.1. The summed E-state index contributed by atoms with van der Waals surface area (Å²) >= 11 is 3.61. The van der Waals surface area contributed by atoms with Gasteiger partial charge in [0.25, 0.3) is 0 Å². The van der Waals surface area contributed by atoms with Crippen LogP contribution in [0.25, 0.3) is 0 Å². The Balaban J connectivity index is -0.0000000350. The molecule has 0 atom stereocenters. The zero-order chi connectivity index (χ0) is 78.3. The Morgan fingerprint density at radius 1 is 0.220 bits per heavy atom. The fourth-order valence-electron chi connectivity index (χ4n) is 3.86. The van der Waals surface area contributed by atoms with Gasteiger partial charge in [-0.2, -0.15) is 0 Å². The summed E-state index contributed by atoms with van der Waals surface area (Å²) in [7, 11) is 0.